The molecule has 0 radical (unpaired) electrons. The average Bonchev–Trinajstić information content (AvgIpc) is 2.51. The summed E-state index contributed by atoms with van der Waals surface area (Å²) in [7, 11) is 0. The van der Waals surface area contributed by atoms with E-state index in [-0.39, 0.29) is 0 Å². The summed E-state index contributed by atoms with van der Waals surface area (Å²) in [6, 6.07) is 6.51. The van der Waals surface area contributed by atoms with Gasteiger partial charge >= 0.3 is 6.03 Å². The van der Waals surface area contributed by atoms with E-state index in [9.17, 15) is 4.79 Å². The summed E-state index contributed by atoms with van der Waals surface area (Å²) in [5.74, 6) is 0.723. The SMILES string of the molecule is CCOc1cnc(SC)nc1NC(=O)Nc1ccccc1Cl. The number of hydrogen-bond donors (Lipinski definition) is 2. The van der Waals surface area contributed by atoms with Gasteiger partial charge in [0.05, 0.1) is 23.5 Å². The lowest BCUT2D eigenvalue weighted by atomic mass is 10.3. The molecule has 0 fully saturated rings. The largest absolute Gasteiger partial charge is 0.488 e. The zero-order valence-electron chi connectivity index (χ0n) is 12.1. The van der Waals surface area contributed by atoms with E-state index in [1.807, 2.05) is 13.2 Å². The number of anilines is 2. The molecule has 0 spiro atoms. The lowest BCUT2D eigenvalue weighted by molar-refractivity contribution is 0.261. The van der Waals surface area contributed by atoms with Crippen molar-refractivity contribution in [3.05, 3.63) is 35.5 Å². The minimum atomic E-state index is -0.459. The number of ether oxygens (including phenoxy) is 1. The molecule has 2 rings (SSSR count). The summed E-state index contributed by atoms with van der Waals surface area (Å²) in [4.78, 5) is 20.4. The number of nitrogens with zero attached hydrogens (tertiary/aromatic N) is 2. The molecule has 0 bridgehead atoms. The zero-order valence-corrected chi connectivity index (χ0v) is 13.7. The molecule has 0 unspecified atom stereocenters. The molecular formula is C14H15ClN4O2S. The molecule has 116 valence electrons. The number of aromatic nitrogens is 2. The Morgan fingerprint density at radius 2 is 2.14 bits per heavy atom. The second-order valence-corrected chi connectivity index (χ2v) is 5.24. The van der Waals surface area contributed by atoms with Crippen molar-refractivity contribution in [2.45, 2.75) is 12.1 Å². The van der Waals surface area contributed by atoms with Crippen LogP contribution in [0, 0.1) is 0 Å². The van der Waals surface area contributed by atoms with Gasteiger partial charge in [0.1, 0.15) is 0 Å². The summed E-state index contributed by atoms with van der Waals surface area (Å²) >= 11 is 7.38. The van der Waals surface area contributed by atoms with Crippen molar-refractivity contribution in [3.8, 4) is 5.75 Å². The fourth-order valence-electron chi connectivity index (χ4n) is 1.63. The lowest BCUT2D eigenvalue weighted by Crippen LogP contribution is -2.21. The van der Waals surface area contributed by atoms with Crippen molar-refractivity contribution < 1.29 is 9.53 Å². The van der Waals surface area contributed by atoms with Crippen LogP contribution in [0.15, 0.2) is 35.6 Å². The molecule has 8 heteroatoms. The molecule has 1 heterocycles. The smallest absolute Gasteiger partial charge is 0.324 e. The first kappa shape index (κ1) is 16.4. The Balaban J connectivity index is 2.15. The van der Waals surface area contributed by atoms with Crippen LogP contribution >= 0.6 is 23.4 Å². The van der Waals surface area contributed by atoms with Gasteiger partial charge in [0.25, 0.3) is 0 Å². The number of amides is 2. The third-order valence-corrected chi connectivity index (χ3v) is 3.46. The Bertz CT molecular complexity index is 669. The third-order valence-electron chi connectivity index (χ3n) is 2.57. The van der Waals surface area contributed by atoms with Crippen molar-refractivity contribution in [1.82, 2.24) is 9.97 Å². The second kappa shape index (κ2) is 7.86. The maximum absolute atomic E-state index is 12.1. The molecule has 6 nitrogen and oxygen atoms in total. The highest BCUT2D eigenvalue weighted by molar-refractivity contribution is 7.98. The van der Waals surface area contributed by atoms with Gasteiger partial charge in [0.2, 0.25) is 0 Å². The summed E-state index contributed by atoms with van der Waals surface area (Å²) in [5, 5.41) is 6.30. The average molecular weight is 339 g/mol. The van der Waals surface area contributed by atoms with Gasteiger partial charge in [-0.3, -0.25) is 5.32 Å². The van der Waals surface area contributed by atoms with Crippen LogP contribution in [-0.2, 0) is 0 Å². The molecule has 0 aliphatic rings. The van der Waals surface area contributed by atoms with Gasteiger partial charge in [0, 0.05) is 0 Å². The predicted octanol–water partition coefficient (Wildman–Crippen LogP) is 3.89. The van der Waals surface area contributed by atoms with Crippen molar-refractivity contribution >= 4 is 40.9 Å². The minimum Gasteiger partial charge on any atom is -0.488 e. The first-order valence-corrected chi connectivity index (χ1v) is 8.10. The van der Waals surface area contributed by atoms with E-state index in [4.69, 9.17) is 16.3 Å². The van der Waals surface area contributed by atoms with Gasteiger partial charge in [-0.2, -0.15) is 0 Å². The first-order chi connectivity index (χ1) is 10.6. The Kier molecular flexibility index (Phi) is 5.85. The topological polar surface area (TPSA) is 76.1 Å². The monoisotopic (exact) mass is 338 g/mol. The molecule has 0 atom stereocenters. The molecule has 22 heavy (non-hydrogen) atoms. The quantitative estimate of drug-likeness (QED) is 0.638. The number of thioether (sulfide) groups is 1. The van der Waals surface area contributed by atoms with Crippen LogP contribution in [0.5, 0.6) is 5.75 Å². The first-order valence-electron chi connectivity index (χ1n) is 6.50. The van der Waals surface area contributed by atoms with Gasteiger partial charge < -0.3 is 10.1 Å². The van der Waals surface area contributed by atoms with Crippen molar-refractivity contribution in [1.29, 1.82) is 0 Å². The number of rotatable bonds is 5. The molecule has 2 amide bonds. The normalized spacial score (nSPS) is 10.1. The number of urea groups is 1. The zero-order chi connectivity index (χ0) is 15.9. The number of benzene rings is 1. The third kappa shape index (κ3) is 4.25. The summed E-state index contributed by atoms with van der Waals surface area (Å²) in [6.07, 6.45) is 3.39. The molecule has 0 aliphatic carbocycles. The van der Waals surface area contributed by atoms with Gasteiger partial charge in [-0.15, -0.1) is 0 Å². The summed E-state index contributed by atoms with van der Waals surface area (Å²) in [5.41, 5.74) is 0.513. The van der Waals surface area contributed by atoms with Crippen molar-refractivity contribution in [2.24, 2.45) is 0 Å². The van der Waals surface area contributed by atoms with E-state index in [0.29, 0.717) is 34.0 Å². The van der Waals surface area contributed by atoms with Crippen LogP contribution in [0.25, 0.3) is 0 Å². The van der Waals surface area contributed by atoms with E-state index in [1.165, 1.54) is 18.0 Å². The van der Waals surface area contributed by atoms with Crippen molar-refractivity contribution in [2.75, 3.05) is 23.5 Å². The Hall–Kier alpha value is -1.99. The van der Waals surface area contributed by atoms with Gasteiger partial charge in [-0.25, -0.2) is 14.8 Å². The van der Waals surface area contributed by atoms with E-state index in [2.05, 4.69) is 20.6 Å². The maximum atomic E-state index is 12.1. The molecule has 1 aromatic carbocycles. The number of nitrogens with one attached hydrogen (secondary N) is 2. The van der Waals surface area contributed by atoms with E-state index in [1.54, 1.807) is 24.3 Å². The minimum absolute atomic E-state index is 0.311. The molecule has 0 saturated heterocycles. The highest BCUT2D eigenvalue weighted by atomic mass is 35.5. The standard InChI is InChI=1S/C14H15ClN4O2S/c1-3-21-11-8-16-14(22-2)19-12(11)18-13(20)17-10-7-5-4-6-9(10)15/h4-8H,3H2,1-2H3,(H2,16,17,18,19,20). The van der Waals surface area contributed by atoms with Crippen LogP contribution in [0.2, 0.25) is 5.02 Å². The number of carbonyl (C=O) groups is 1. The fourth-order valence-corrected chi connectivity index (χ4v) is 2.15. The van der Waals surface area contributed by atoms with Crippen LogP contribution in [0.4, 0.5) is 16.3 Å². The maximum Gasteiger partial charge on any atom is 0.324 e. The Morgan fingerprint density at radius 1 is 1.36 bits per heavy atom. The van der Waals surface area contributed by atoms with Crippen molar-refractivity contribution in [3.63, 3.8) is 0 Å². The van der Waals surface area contributed by atoms with E-state index in [0.717, 1.165) is 0 Å². The fraction of sp³-hybridized carbons (Fsp3) is 0.214. The number of halogens is 1. The van der Waals surface area contributed by atoms with Gasteiger partial charge in [0.15, 0.2) is 16.7 Å². The van der Waals surface area contributed by atoms with E-state index >= 15 is 0 Å². The summed E-state index contributed by atoms with van der Waals surface area (Å²) < 4.78 is 5.41. The Labute approximate surface area is 137 Å². The number of para-hydroxylation sites is 1. The molecule has 0 saturated carbocycles. The van der Waals surface area contributed by atoms with Crippen LogP contribution in [-0.4, -0.2) is 28.9 Å². The lowest BCUT2D eigenvalue weighted by Gasteiger charge is -2.12. The van der Waals surface area contributed by atoms with Crippen LogP contribution < -0.4 is 15.4 Å². The highest BCUT2D eigenvalue weighted by Crippen LogP contribution is 2.25. The highest BCUT2D eigenvalue weighted by Gasteiger charge is 2.12. The molecular weight excluding hydrogens is 324 g/mol. The van der Waals surface area contributed by atoms with E-state index < -0.39 is 6.03 Å². The van der Waals surface area contributed by atoms with Crippen LogP contribution in [0.1, 0.15) is 6.92 Å². The molecule has 1 aromatic heterocycles. The summed E-state index contributed by atoms with van der Waals surface area (Å²) in [6.45, 7) is 2.29. The number of hydrogen-bond acceptors (Lipinski definition) is 5. The molecule has 2 N–H and O–H groups in total. The number of carbonyl (C=O) groups excluding carboxylic acids is 1. The molecule has 0 aliphatic heterocycles. The second-order valence-electron chi connectivity index (χ2n) is 4.06. The van der Waals surface area contributed by atoms with Crippen LogP contribution in [0.3, 0.4) is 0 Å². The van der Waals surface area contributed by atoms with Gasteiger partial charge in [-0.05, 0) is 25.3 Å². The predicted molar refractivity (Wildman–Crippen MR) is 89.1 cm³/mol. The molecule has 2 aromatic rings. The Morgan fingerprint density at radius 3 is 2.82 bits per heavy atom. The van der Waals surface area contributed by atoms with Gasteiger partial charge in [-0.1, -0.05) is 35.5 Å².